The number of benzene rings is 3. The molecular weight excluding hydrogens is 587 g/mol. The number of anilines is 1. The number of carbonyl (C=O) groups is 1. The molecule has 0 atom stereocenters. The lowest BCUT2D eigenvalue weighted by Gasteiger charge is -2.19. The zero-order chi connectivity index (χ0) is 29.7. The fourth-order valence-corrected chi connectivity index (χ4v) is 5.13. The molecule has 42 heavy (non-hydrogen) atoms. The Kier molecular flexibility index (Phi) is 8.64. The van der Waals surface area contributed by atoms with E-state index in [1.54, 1.807) is 11.1 Å². The van der Waals surface area contributed by atoms with Crippen LogP contribution in [0.2, 0.25) is 0 Å². The molecule has 0 bridgehead atoms. The fraction of sp³-hybridized carbons (Fsp3) is 0.143. The van der Waals surface area contributed by atoms with Crippen LogP contribution in [0.25, 0.3) is 17.1 Å². The van der Waals surface area contributed by atoms with E-state index < -0.39 is 6.36 Å². The highest BCUT2D eigenvalue weighted by atomic mass is 32.2. The number of hydrogen-bond donors (Lipinski definition) is 1. The summed E-state index contributed by atoms with van der Waals surface area (Å²) in [6.45, 7) is 2.03. The molecule has 1 aliphatic rings. The van der Waals surface area contributed by atoms with Crippen molar-refractivity contribution < 1.29 is 22.7 Å². The van der Waals surface area contributed by atoms with Gasteiger partial charge in [0, 0.05) is 5.56 Å². The van der Waals surface area contributed by atoms with Gasteiger partial charge < -0.3 is 4.74 Å². The minimum absolute atomic E-state index is 0.0636. The highest BCUT2D eigenvalue weighted by Crippen LogP contribution is 2.30. The van der Waals surface area contributed by atoms with Gasteiger partial charge in [-0.2, -0.15) is 10.1 Å². The second kappa shape index (κ2) is 12.5. The lowest BCUT2D eigenvalue weighted by Crippen LogP contribution is -2.31. The minimum Gasteiger partial charge on any atom is -0.406 e. The molecule has 0 unspecified atom stereocenters. The Morgan fingerprint density at radius 2 is 1.93 bits per heavy atom. The van der Waals surface area contributed by atoms with E-state index in [-0.39, 0.29) is 22.5 Å². The van der Waals surface area contributed by atoms with Crippen LogP contribution in [0.3, 0.4) is 0 Å². The SMILES string of the molecule is CCc1ccccc1N1C(=O)CSC1=NC(=S)N/N=C/c1cccc(-c2ncn(-c3ccc(OC(F)(F)F)cc3)n2)c1. The highest BCUT2D eigenvalue weighted by Gasteiger charge is 2.32. The number of nitrogens with zero attached hydrogens (tertiary/aromatic N) is 6. The number of alkyl halides is 3. The number of aryl methyl sites for hydroxylation is 1. The third-order valence-corrected chi connectivity index (χ3v) is 7.03. The minimum atomic E-state index is -4.76. The van der Waals surface area contributed by atoms with Crippen LogP contribution in [0.1, 0.15) is 18.1 Å². The van der Waals surface area contributed by atoms with Crippen molar-refractivity contribution in [3.8, 4) is 22.8 Å². The summed E-state index contributed by atoms with van der Waals surface area (Å²) >= 11 is 6.66. The molecular formula is C28H22F3N7O2S2. The number of halogens is 3. The van der Waals surface area contributed by atoms with Gasteiger partial charge in [0.15, 0.2) is 11.0 Å². The van der Waals surface area contributed by atoms with Gasteiger partial charge in [0.25, 0.3) is 0 Å². The van der Waals surface area contributed by atoms with Crippen LogP contribution in [0.4, 0.5) is 18.9 Å². The summed E-state index contributed by atoms with van der Waals surface area (Å²) in [4.78, 5) is 22.9. The Labute approximate surface area is 248 Å². The Morgan fingerprint density at radius 3 is 2.69 bits per heavy atom. The molecule has 1 amide bonds. The Balaban J connectivity index is 1.24. The van der Waals surface area contributed by atoms with Crippen LogP contribution in [0, 0.1) is 0 Å². The molecule has 2 heterocycles. The van der Waals surface area contributed by atoms with Crippen molar-refractivity contribution in [2.45, 2.75) is 19.7 Å². The summed E-state index contributed by atoms with van der Waals surface area (Å²) in [7, 11) is 0. The summed E-state index contributed by atoms with van der Waals surface area (Å²) in [5, 5.41) is 9.19. The predicted octanol–water partition coefficient (Wildman–Crippen LogP) is 5.74. The topological polar surface area (TPSA) is 97.0 Å². The van der Waals surface area contributed by atoms with Gasteiger partial charge in [-0.25, -0.2) is 9.67 Å². The molecule has 3 aromatic carbocycles. The highest BCUT2D eigenvalue weighted by molar-refractivity contribution is 8.15. The number of hydrazone groups is 1. The standard InChI is InChI=1S/C28H22F3N7O2S2/c1-2-19-7-3-4-9-23(19)38-24(39)16-42-27(38)34-26(41)35-33-15-18-6-5-8-20(14-18)25-32-17-37(36-25)21-10-12-22(13-11-21)40-28(29,30)31/h3-15,17H,2,16H2,1H3,(H,35,41)/b33-15+,34-27?. The lowest BCUT2D eigenvalue weighted by atomic mass is 10.1. The van der Waals surface area contributed by atoms with E-state index in [1.165, 1.54) is 47.0 Å². The molecule has 4 aromatic rings. The molecule has 1 saturated heterocycles. The lowest BCUT2D eigenvalue weighted by molar-refractivity contribution is -0.274. The first-order chi connectivity index (χ1) is 20.2. The van der Waals surface area contributed by atoms with Crippen molar-refractivity contribution in [1.29, 1.82) is 0 Å². The van der Waals surface area contributed by atoms with Gasteiger partial charge in [0.1, 0.15) is 12.1 Å². The van der Waals surface area contributed by atoms with Crippen molar-refractivity contribution in [2.75, 3.05) is 10.7 Å². The van der Waals surface area contributed by atoms with Gasteiger partial charge in [-0.05, 0) is 66.2 Å². The molecule has 5 rings (SSSR count). The first-order valence-corrected chi connectivity index (χ1v) is 13.9. The smallest absolute Gasteiger partial charge is 0.406 e. The molecule has 0 spiro atoms. The number of amides is 1. The van der Waals surface area contributed by atoms with Crippen molar-refractivity contribution in [2.24, 2.45) is 10.1 Å². The number of aromatic nitrogens is 3. The summed E-state index contributed by atoms with van der Waals surface area (Å²) in [5.74, 6) is 0.294. The van der Waals surface area contributed by atoms with Crippen LogP contribution >= 0.6 is 24.0 Å². The van der Waals surface area contributed by atoms with Gasteiger partial charge in [-0.15, -0.1) is 18.3 Å². The Morgan fingerprint density at radius 1 is 1.14 bits per heavy atom. The number of hydrogen-bond acceptors (Lipinski definition) is 7. The Hall–Kier alpha value is -4.56. The zero-order valence-electron chi connectivity index (χ0n) is 21.9. The van der Waals surface area contributed by atoms with Crippen molar-refractivity contribution >= 4 is 52.1 Å². The summed E-state index contributed by atoms with van der Waals surface area (Å²) in [5.41, 5.74) is 6.49. The third-order valence-electron chi connectivity index (χ3n) is 5.92. The van der Waals surface area contributed by atoms with E-state index in [2.05, 4.69) is 30.3 Å². The zero-order valence-corrected chi connectivity index (χ0v) is 23.6. The van der Waals surface area contributed by atoms with Gasteiger partial charge in [-0.3, -0.25) is 15.1 Å². The average Bonchev–Trinajstić information content (AvgIpc) is 3.60. The maximum atomic E-state index is 12.6. The number of thiocarbonyl (C=S) groups is 1. The molecule has 1 aromatic heterocycles. The van der Waals surface area contributed by atoms with E-state index >= 15 is 0 Å². The number of amidine groups is 1. The monoisotopic (exact) mass is 609 g/mol. The van der Waals surface area contributed by atoms with E-state index in [0.717, 1.165) is 23.2 Å². The molecule has 0 saturated carbocycles. The van der Waals surface area contributed by atoms with Crippen LogP contribution in [0.5, 0.6) is 5.75 Å². The maximum absolute atomic E-state index is 12.6. The number of carbonyl (C=O) groups excluding carboxylic acids is 1. The average molecular weight is 610 g/mol. The normalized spacial score (nSPS) is 14.6. The van der Waals surface area contributed by atoms with E-state index in [4.69, 9.17) is 12.2 Å². The van der Waals surface area contributed by atoms with Gasteiger partial charge in [-0.1, -0.05) is 55.1 Å². The maximum Gasteiger partial charge on any atom is 0.573 e. The molecule has 1 aliphatic heterocycles. The molecule has 0 aliphatic carbocycles. The number of thioether (sulfide) groups is 1. The van der Waals surface area contributed by atoms with Crippen LogP contribution in [0.15, 0.2) is 89.2 Å². The number of para-hydroxylation sites is 1. The van der Waals surface area contributed by atoms with Crippen molar-refractivity contribution in [3.63, 3.8) is 0 Å². The largest absolute Gasteiger partial charge is 0.573 e. The van der Waals surface area contributed by atoms with Gasteiger partial charge in [0.05, 0.1) is 23.3 Å². The summed E-state index contributed by atoms with van der Waals surface area (Å²) in [6, 6.07) is 20.3. The third kappa shape index (κ3) is 7.01. The van der Waals surface area contributed by atoms with Crippen LogP contribution in [-0.2, 0) is 11.2 Å². The van der Waals surface area contributed by atoms with Crippen LogP contribution in [-0.4, -0.2) is 49.3 Å². The number of rotatable bonds is 7. The fourth-order valence-electron chi connectivity index (χ4n) is 4.06. The number of aliphatic imine (C=N–C) groups is 1. The Bertz CT molecular complexity index is 1670. The number of nitrogens with one attached hydrogen (secondary N) is 1. The second-order valence-corrected chi connectivity index (χ2v) is 10.1. The van der Waals surface area contributed by atoms with Crippen molar-refractivity contribution in [1.82, 2.24) is 20.2 Å². The van der Waals surface area contributed by atoms with E-state index in [1.807, 2.05) is 55.5 Å². The first kappa shape index (κ1) is 29.0. The molecule has 1 fully saturated rings. The quantitative estimate of drug-likeness (QED) is 0.162. The number of ether oxygens (including phenoxy) is 1. The van der Waals surface area contributed by atoms with Crippen molar-refractivity contribution in [3.05, 3.63) is 90.3 Å². The molecule has 214 valence electrons. The molecule has 1 N–H and O–H groups in total. The predicted molar refractivity (Wildman–Crippen MR) is 160 cm³/mol. The molecule has 14 heteroatoms. The summed E-state index contributed by atoms with van der Waals surface area (Å²) < 4.78 is 42.6. The summed E-state index contributed by atoms with van der Waals surface area (Å²) in [6.07, 6.45) is -0.970. The molecule has 9 nitrogen and oxygen atoms in total. The van der Waals surface area contributed by atoms with E-state index in [9.17, 15) is 18.0 Å². The second-order valence-electron chi connectivity index (χ2n) is 8.75. The van der Waals surface area contributed by atoms with E-state index in [0.29, 0.717) is 22.2 Å². The first-order valence-electron chi connectivity index (χ1n) is 12.5. The van der Waals surface area contributed by atoms with Gasteiger partial charge >= 0.3 is 6.36 Å². The molecule has 0 radical (unpaired) electrons. The van der Waals surface area contributed by atoms with Gasteiger partial charge in [0.2, 0.25) is 11.0 Å². The van der Waals surface area contributed by atoms with Crippen LogP contribution < -0.4 is 15.1 Å².